The van der Waals surface area contributed by atoms with Crippen molar-refractivity contribution in [2.24, 2.45) is 5.92 Å². The number of carbonyl (C=O) groups is 2. The molecule has 108 valence electrons. The van der Waals surface area contributed by atoms with E-state index in [1.165, 1.54) is 6.20 Å². The summed E-state index contributed by atoms with van der Waals surface area (Å²) < 4.78 is 0.632. The molecule has 2 unspecified atom stereocenters. The Morgan fingerprint density at radius 2 is 2.20 bits per heavy atom. The van der Waals surface area contributed by atoms with E-state index in [4.69, 9.17) is 0 Å². The van der Waals surface area contributed by atoms with Crippen molar-refractivity contribution in [1.29, 1.82) is 0 Å². The van der Waals surface area contributed by atoms with E-state index in [9.17, 15) is 14.7 Å². The first kappa shape index (κ1) is 15.0. The summed E-state index contributed by atoms with van der Waals surface area (Å²) in [4.78, 5) is 27.9. The van der Waals surface area contributed by atoms with E-state index in [1.54, 1.807) is 12.1 Å². The Morgan fingerprint density at radius 1 is 1.45 bits per heavy atom. The smallest absolute Gasteiger partial charge is 0.329 e. The first-order valence-corrected chi connectivity index (χ1v) is 7.42. The number of carboxylic acid groups (broad SMARTS) is 1. The summed E-state index contributed by atoms with van der Waals surface area (Å²) in [5, 5.41) is 12.3. The fourth-order valence-corrected chi connectivity index (χ4v) is 2.92. The summed E-state index contributed by atoms with van der Waals surface area (Å²) in [6, 6.07) is 3.28. The minimum Gasteiger partial charge on any atom is -0.479 e. The molecule has 0 aliphatic heterocycles. The highest BCUT2D eigenvalue weighted by atomic mass is 79.9. The Labute approximate surface area is 125 Å². The third-order valence-electron chi connectivity index (χ3n) is 4.01. The first-order chi connectivity index (χ1) is 9.45. The molecular weight excluding hydrogens is 324 g/mol. The van der Waals surface area contributed by atoms with Crippen molar-refractivity contribution in [3.8, 4) is 0 Å². The number of amides is 1. The van der Waals surface area contributed by atoms with Gasteiger partial charge < -0.3 is 10.4 Å². The summed E-state index contributed by atoms with van der Waals surface area (Å²) in [6.45, 7) is 1.88. The van der Waals surface area contributed by atoms with Gasteiger partial charge in [-0.25, -0.2) is 9.78 Å². The molecule has 1 saturated carbocycles. The molecule has 0 aromatic carbocycles. The van der Waals surface area contributed by atoms with Crippen LogP contribution in [0.25, 0.3) is 0 Å². The van der Waals surface area contributed by atoms with Crippen molar-refractivity contribution in [2.45, 2.75) is 38.1 Å². The van der Waals surface area contributed by atoms with Crippen molar-refractivity contribution in [3.05, 3.63) is 28.5 Å². The molecule has 0 bridgehead atoms. The van der Waals surface area contributed by atoms with Crippen LogP contribution in [0.5, 0.6) is 0 Å². The number of hydrogen-bond acceptors (Lipinski definition) is 3. The molecule has 0 saturated heterocycles. The Kier molecular flexibility index (Phi) is 4.42. The largest absolute Gasteiger partial charge is 0.479 e. The highest BCUT2D eigenvalue weighted by molar-refractivity contribution is 9.10. The molecule has 1 amide bonds. The zero-order valence-corrected chi connectivity index (χ0v) is 12.8. The fourth-order valence-electron chi connectivity index (χ4n) is 2.69. The topological polar surface area (TPSA) is 79.3 Å². The normalized spacial score (nSPS) is 26.0. The van der Waals surface area contributed by atoms with Crippen LogP contribution < -0.4 is 5.32 Å². The van der Waals surface area contributed by atoms with Gasteiger partial charge in [0.1, 0.15) is 10.1 Å². The summed E-state index contributed by atoms with van der Waals surface area (Å²) >= 11 is 3.20. The lowest BCUT2D eigenvalue weighted by Crippen LogP contribution is -2.60. The minimum absolute atomic E-state index is 0.0823. The number of nitrogens with zero attached hydrogens (tertiary/aromatic N) is 1. The van der Waals surface area contributed by atoms with Crippen LogP contribution in [0.1, 0.15) is 43.0 Å². The molecule has 5 nitrogen and oxygen atoms in total. The van der Waals surface area contributed by atoms with Crippen LogP contribution in [0.2, 0.25) is 0 Å². The maximum absolute atomic E-state index is 12.2. The van der Waals surface area contributed by atoms with E-state index in [0.29, 0.717) is 16.6 Å². The van der Waals surface area contributed by atoms with Crippen molar-refractivity contribution >= 4 is 27.8 Å². The van der Waals surface area contributed by atoms with E-state index >= 15 is 0 Å². The molecule has 0 spiro atoms. The molecule has 2 atom stereocenters. The number of aromatic nitrogens is 1. The van der Waals surface area contributed by atoms with Crippen LogP contribution in [0.3, 0.4) is 0 Å². The predicted octanol–water partition coefficient (Wildman–Crippen LogP) is 2.61. The standard InChI is InChI=1S/C14H17BrN2O3/c1-9-4-2-3-7-14(9,13(19)20)17-12(18)10-5-6-11(15)16-8-10/h5-6,8-9H,2-4,7H2,1H3,(H,17,18)(H,19,20). The summed E-state index contributed by atoms with van der Waals surface area (Å²) in [7, 11) is 0. The molecule has 1 aromatic rings. The number of halogens is 1. The number of pyridine rings is 1. The van der Waals surface area contributed by atoms with Crippen LogP contribution in [-0.4, -0.2) is 27.5 Å². The van der Waals surface area contributed by atoms with Gasteiger partial charge in [0.25, 0.3) is 5.91 Å². The second kappa shape index (κ2) is 5.91. The van der Waals surface area contributed by atoms with E-state index in [1.807, 2.05) is 6.92 Å². The third-order valence-corrected chi connectivity index (χ3v) is 4.48. The third kappa shape index (κ3) is 2.85. The molecule has 20 heavy (non-hydrogen) atoms. The molecule has 6 heteroatoms. The van der Waals surface area contributed by atoms with E-state index < -0.39 is 11.5 Å². The molecule has 2 rings (SSSR count). The van der Waals surface area contributed by atoms with E-state index in [-0.39, 0.29) is 11.8 Å². The van der Waals surface area contributed by atoms with Crippen LogP contribution in [0.4, 0.5) is 0 Å². The Balaban J connectivity index is 2.22. The van der Waals surface area contributed by atoms with Crippen molar-refractivity contribution in [3.63, 3.8) is 0 Å². The Morgan fingerprint density at radius 3 is 2.75 bits per heavy atom. The zero-order chi connectivity index (χ0) is 14.8. The molecule has 2 N–H and O–H groups in total. The number of aliphatic carboxylic acids is 1. The number of hydrogen-bond donors (Lipinski definition) is 2. The molecule has 1 aromatic heterocycles. The van der Waals surface area contributed by atoms with E-state index in [2.05, 4.69) is 26.2 Å². The molecular formula is C14H17BrN2O3. The van der Waals surface area contributed by atoms with Crippen LogP contribution in [-0.2, 0) is 4.79 Å². The monoisotopic (exact) mass is 340 g/mol. The van der Waals surface area contributed by atoms with E-state index in [0.717, 1.165) is 19.3 Å². The molecule has 1 fully saturated rings. The zero-order valence-electron chi connectivity index (χ0n) is 11.2. The van der Waals surface area contributed by atoms with Crippen LogP contribution >= 0.6 is 15.9 Å². The van der Waals surface area contributed by atoms with Gasteiger partial charge in [0.2, 0.25) is 0 Å². The Hall–Kier alpha value is -1.43. The van der Waals surface area contributed by atoms with Crippen molar-refractivity contribution < 1.29 is 14.7 Å². The van der Waals surface area contributed by atoms with Gasteiger partial charge in [-0.15, -0.1) is 0 Å². The van der Waals surface area contributed by atoms with Gasteiger partial charge in [-0.3, -0.25) is 4.79 Å². The van der Waals surface area contributed by atoms with Crippen LogP contribution in [0, 0.1) is 5.92 Å². The number of carbonyl (C=O) groups excluding carboxylic acids is 1. The highest BCUT2D eigenvalue weighted by Crippen LogP contribution is 2.34. The lowest BCUT2D eigenvalue weighted by molar-refractivity contribution is -0.148. The predicted molar refractivity (Wildman–Crippen MR) is 77.4 cm³/mol. The van der Waals surface area contributed by atoms with Gasteiger partial charge in [0.05, 0.1) is 5.56 Å². The second-order valence-electron chi connectivity index (χ2n) is 5.25. The second-order valence-corrected chi connectivity index (χ2v) is 6.06. The fraction of sp³-hybridized carbons (Fsp3) is 0.500. The lowest BCUT2D eigenvalue weighted by Gasteiger charge is -2.39. The summed E-state index contributed by atoms with van der Waals surface area (Å²) in [5.74, 6) is -1.43. The first-order valence-electron chi connectivity index (χ1n) is 6.63. The number of rotatable bonds is 3. The average molecular weight is 341 g/mol. The summed E-state index contributed by atoms with van der Waals surface area (Å²) in [6.07, 6.45) is 4.54. The highest BCUT2D eigenvalue weighted by Gasteiger charge is 2.46. The van der Waals surface area contributed by atoms with Crippen molar-refractivity contribution in [1.82, 2.24) is 10.3 Å². The quantitative estimate of drug-likeness (QED) is 0.829. The minimum atomic E-state index is -1.16. The van der Waals surface area contributed by atoms with Crippen LogP contribution in [0.15, 0.2) is 22.9 Å². The molecule has 1 heterocycles. The number of nitrogens with one attached hydrogen (secondary N) is 1. The lowest BCUT2D eigenvalue weighted by atomic mass is 9.73. The summed E-state index contributed by atoms with van der Waals surface area (Å²) in [5.41, 5.74) is -0.797. The SMILES string of the molecule is CC1CCCCC1(NC(=O)c1ccc(Br)nc1)C(=O)O. The van der Waals surface area contributed by atoms with Crippen molar-refractivity contribution in [2.75, 3.05) is 0 Å². The van der Waals surface area contributed by atoms with Gasteiger partial charge in [-0.2, -0.15) is 0 Å². The van der Waals surface area contributed by atoms with Gasteiger partial charge in [-0.1, -0.05) is 19.8 Å². The Bertz CT molecular complexity index is 518. The number of carboxylic acids is 1. The average Bonchev–Trinajstić information content (AvgIpc) is 2.42. The molecule has 1 aliphatic rings. The molecule has 0 radical (unpaired) electrons. The van der Waals surface area contributed by atoms with Gasteiger partial charge >= 0.3 is 5.97 Å². The molecule has 1 aliphatic carbocycles. The maximum atomic E-state index is 12.2. The van der Waals surface area contributed by atoms with Gasteiger partial charge in [0, 0.05) is 6.20 Å². The maximum Gasteiger partial charge on any atom is 0.329 e. The van der Waals surface area contributed by atoms with Gasteiger partial charge in [0.15, 0.2) is 0 Å². The van der Waals surface area contributed by atoms with Gasteiger partial charge in [-0.05, 0) is 46.8 Å².